The topological polar surface area (TPSA) is 0 Å². The van der Waals surface area contributed by atoms with Gasteiger partial charge in [-0.2, -0.15) is 0 Å². The van der Waals surface area contributed by atoms with Gasteiger partial charge in [0.05, 0.1) is 0 Å². The molecule has 0 aliphatic carbocycles. The lowest BCUT2D eigenvalue weighted by Crippen LogP contribution is -2.58. The van der Waals surface area contributed by atoms with Crippen LogP contribution in [-0.2, 0) is 6.42 Å². The fraction of sp³-hybridized carbons (Fsp3) is 0.234. The smallest absolute Gasteiger partial charge is 0.148 e. The Morgan fingerprint density at radius 3 is 1.31 bits per heavy atom. The van der Waals surface area contributed by atoms with Crippen molar-refractivity contribution in [3.63, 3.8) is 0 Å². The third kappa shape index (κ3) is 6.19. The van der Waals surface area contributed by atoms with Crippen LogP contribution in [0.25, 0.3) is 19.5 Å². The summed E-state index contributed by atoms with van der Waals surface area (Å²) in [5.41, 5.74) is 22.6. The monoisotopic (exact) mass is 728 g/mol. The first-order chi connectivity index (χ1) is 24.9. The molecular formula is C47H46B2S3. The Bertz CT molecular complexity index is 2360. The van der Waals surface area contributed by atoms with E-state index in [1.807, 2.05) is 34.0 Å². The van der Waals surface area contributed by atoms with Crippen molar-refractivity contribution in [1.29, 1.82) is 0 Å². The molecule has 0 N–H and O–H groups in total. The molecule has 1 aliphatic rings. The fourth-order valence-electron chi connectivity index (χ4n) is 9.49. The second-order valence-corrected chi connectivity index (χ2v) is 18.9. The molecule has 0 unspecified atom stereocenters. The average Bonchev–Trinajstić information content (AvgIpc) is 3.83. The van der Waals surface area contributed by atoms with Gasteiger partial charge in [-0.3, -0.25) is 0 Å². The summed E-state index contributed by atoms with van der Waals surface area (Å²) in [7, 11) is 0. The largest absolute Gasteiger partial charge is 0.255 e. The third-order valence-electron chi connectivity index (χ3n) is 11.2. The van der Waals surface area contributed by atoms with E-state index < -0.39 is 0 Å². The molecule has 0 nitrogen and oxygen atoms in total. The lowest BCUT2D eigenvalue weighted by atomic mass is 9.34. The maximum atomic E-state index is 2.43. The van der Waals surface area contributed by atoms with Gasteiger partial charge < -0.3 is 0 Å². The molecule has 52 heavy (non-hydrogen) atoms. The highest BCUT2D eigenvalue weighted by molar-refractivity contribution is 7.34. The van der Waals surface area contributed by atoms with Crippen LogP contribution in [0, 0.1) is 69.2 Å². The minimum atomic E-state index is 0.208. The number of hydrogen-bond acceptors (Lipinski definition) is 3. The molecule has 0 atom stereocenters. The molecule has 7 aromatic rings. The predicted octanol–water partition coefficient (Wildman–Crippen LogP) is 9.23. The fourth-order valence-corrected chi connectivity index (χ4v) is 12.9. The first kappa shape index (κ1) is 35.2. The highest BCUT2D eigenvalue weighted by Gasteiger charge is 2.35. The maximum Gasteiger partial charge on any atom is 0.255 e. The molecule has 4 aromatic carbocycles. The van der Waals surface area contributed by atoms with Crippen molar-refractivity contribution >= 4 is 78.8 Å². The van der Waals surface area contributed by atoms with Crippen molar-refractivity contribution in [2.24, 2.45) is 0 Å². The first-order valence-corrected chi connectivity index (χ1v) is 21.0. The number of aryl methyl sites for hydroxylation is 10. The summed E-state index contributed by atoms with van der Waals surface area (Å²) < 4.78 is 2.86. The number of fused-ring (bicyclic) bond motifs is 2. The number of rotatable bonds is 6. The Hall–Kier alpha value is -3.89. The highest BCUT2D eigenvalue weighted by atomic mass is 32.1. The molecule has 0 bridgehead atoms. The molecule has 1 aliphatic heterocycles. The summed E-state index contributed by atoms with van der Waals surface area (Å²) in [4.78, 5) is 5.41. The van der Waals surface area contributed by atoms with Crippen molar-refractivity contribution in [1.82, 2.24) is 0 Å². The van der Waals surface area contributed by atoms with Gasteiger partial charge in [-0.1, -0.05) is 138 Å². The number of hydrogen-bond donors (Lipinski definition) is 0. The third-order valence-corrected chi connectivity index (χ3v) is 14.9. The van der Waals surface area contributed by atoms with Crippen molar-refractivity contribution in [3.05, 3.63) is 152 Å². The summed E-state index contributed by atoms with van der Waals surface area (Å²) in [6.07, 6.45) is 1.02. The Balaban J connectivity index is 1.17. The molecule has 0 spiro atoms. The van der Waals surface area contributed by atoms with E-state index in [0.29, 0.717) is 0 Å². The normalized spacial score (nSPS) is 12.3. The van der Waals surface area contributed by atoms with E-state index in [-0.39, 0.29) is 13.4 Å². The van der Waals surface area contributed by atoms with E-state index in [2.05, 4.69) is 154 Å². The molecule has 8 rings (SSSR count). The molecule has 0 saturated carbocycles. The van der Waals surface area contributed by atoms with Crippen LogP contribution in [0.5, 0.6) is 0 Å². The van der Waals surface area contributed by atoms with Gasteiger partial charge in [-0.25, -0.2) is 0 Å². The lowest BCUT2D eigenvalue weighted by molar-refractivity contribution is 1.17. The van der Waals surface area contributed by atoms with Crippen LogP contribution in [0.15, 0.2) is 84.9 Å². The first-order valence-electron chi connectivity index (χ1n) is 18.5. The van der Waals surface area contributed by atoms with E-state index in [4.69, 9.17) is 0 Å². The van der Waals surface area contributed by atoms with Gasteiger partial charge >= 0.3 is 0 Å². The van der Waals surface area contributed by atoms with Crippen molar-refractivity contribution in [3.8, 4) is 19.5 Å². The van der Waals surface area contributed by atoms with E-state index >= 15 is 0 Å². The van der Waals surface area contributed by atoms with Crippen molar-refractivity contribution in [2.75, 3.05) is 0 Å². The van der Waals surface area contributed by atoms with Crippen LogP contribution in [0.3, 0.4) is 0 Å². The van der Waals surface area contributed by atoms with Gasteiger partial charge in [0, 0.05) is 19.5 Å². The molecule has 0 saturated heterocycles. The molecule has 5 heteroatoms. The van der Waals surface area contributed by atoms with Gasteiger partial charge in [0.1, 0.15) is 0 Å². The number of benzene rings is 4. The average molecular weight is 729 g/mol. The molecule has 4 heterocycles. The predicted molar refractivity (Wildman–Crippen MR) is 236 cm³/mol. The number of thiophene rings is 3. The van der Waals surface area contributed by atoms with E-state index in [9.17, 15) is 0 Å². The van der Waals surface area contributed by atoms with E-state index in [1.165, 1.54) is 118 Å². The standard InChI is InChI=1S/C47H46B2S3/c1-26-17-30(5)44(31(6)18-26)48(45-32(7)19-27(2)20-33(45)8)42-15-13-40(51-42)38-11-12-39(50-38)41-14-16-43(52-41)49-46-34(9)21-28(3)23-36(46)25-37-24-29(4)22-35(10)47(37)49/h11-24H,25H2,1-10H3. The second-order valence-electron chi connectivity index (χ2n) is 15.5. The highest BCUT2D eigenvalue weighted by Crippen LogP contribution is 2.38. The molecule has 0 amide bonds. The van der Waals surface area contributed by atoms with Crippen LogP contribution in [0.4, 0.5) is 0 Å². The van der Waals surface area contributed by atoms with Crippen LogP contribution in [0.1, 0.15) is 66.8 Å². The second kappa shape index (κ2) is 13.5. The molecule has 0 radical (unpaired) electrons. The van der Waals surface area contributed by atoms with Gasteiger partial charge in [-0.15, -0.1) is 34.0 Å². The Morgan fingerprint density at radius 1 is 0.423 bits per heavy atom. The maximum absolute atomic E-state index is 2.43. The molecular weight excluding hydrogens is 682 g/mol. The summed E-state index contributed by atoms with van der Waals surface area (Å²) in [5, 5.41) is 0. The zero-order chi connectivity index (χ0) is 36.6. The summed E-state index contributed by atoms with van der Waals surface area (Å²) >= 11 is 5.88. The molecule has 3 aromatic heterocycles. The Morgan fingerprint density at radius 2 is 0.808 bits per heavy atom. The SMILES string of the molecule is Cc1cc(C)c(B(c2ccc(-c3ccc(-c4ccc(B5c6c(C)cc(C)cc6Cc6cc(C)cc(C)c65)s4)s3)s2)c2c(C)cc(C)cc2C)c(C)c1. The van der Waals surface area contributed by atoms with Gasteiger partial charge in [-0.05, 0) is 121 Å². The quantitative estimate of drug-likeness (QED) is 0.150. The Labute approximate surface area is 323 Å². The van der Waals surface area contributed by atoms with Crippen molar-refractivity contribution in [2.45, 2.75) is 75.7 Å². The lowest BCUT2D eigenvalue weighted by Gasteiger charge is -2.30. The summed E-state index contributed by atoms with van der Waals surface area (Å²) in [5.74, 6) is 0. The van der Waals surface area contributed by atoms with Gasteiger partial charge in [0.25, 0.3) is 13.4 Å². The zero-order valence-corrected chi connectivity index (χ0v) is 34.6. The van der Waals surface area contributed by atoms with Crippen LogP contribution >= 0.6 is 34.0 Å². The zero-order valence-electron chi connectivity index (χ0n) is 32.2. The minimum absolute atomic E-state index is 0.208. The summed E-state index contributed by atoms with van der Waals surface area (Å²) in [6.45, 7) is 23.2. The minimum Gasteiger partial charge on any atom is -0.148 e. The molecule has 258 valence electrons. The van der Waals surface area contributed by atoms with E-state index in [1.54, 1.807) is 0 Å². The van der Waals surface area contributed by atoms with Crippen LogP contribution in [0.2, 0.25) is 0 Å². The van der Waals surface area contributed by atoms with Gasteiger partial charge in [0.2, 0.25) is 0 Å². The summed E-state index contributed by atoms with van der Waals surface area (Å²) in [6, 6.07) is 33.3. The Kier molecular flexibility index (Phi) is 9.13. The van der Waals surface area contributed by atoms with Crippen LogP contribution < -0.4 is 31.4 Å². The van der Waals surface area contributed by atoms with Crippen molar-refractivity contribution < 1.29 is 0 Å². The van der Waals surface area contributed by atoms with Gasteiger partial charge in [0.15, 0.2) is 0 Å². The van der Waals surface area contributed by atoms with E-state index in [0.717, 1.165) is 6.42 Å². The van der Waals surface area contributed by atoms with Crippen LogP contribution in [-0.4, -0.2) is 13.4 Å². The molecule has 0 fully saturated rings.